The summed E-state index contributed by atoms with van der Waals surface area (Å²) in [4.78, 5) is 33.8. The summed E-state index contributed by atoms with van der Waals surface area (Å²) in [6.07, 6.45) is 0. The predicted molar refractivity (Wildman–Crippen MR) is 115 cm³/mol. The van der Waals surface area contributed by atoms with E-state index >= 15 is 0 Å². The van der Waals surface area contributed by atoms with Crippen molar-refractivity contribution in [2.45, 2.75) is 10.9 Å². The minimum Gasteiger partial charge on any atom is -0.480 e. The number of rotatable bonds is 8. The van der Waals surface area contributed by atoms with Gasteiger partial charge in [0.2, 0.25) is 10.0 Å². The zero-order valence-corrected chi connectivity index (χ0v) is 17.2. The molecule has 1 amide bonds. The van der Waals surface area contributed by atoms with Crippen LogP contribution in [0.5, 0.6) is 0 Å². The van der Waals surface area contributed by atoms with E-state index in [0.29, 0.717) is 0 Å². The summed E-state index contributed by atoms with van der Waals surface area (Å²) in [5.74, 6) is -1.89. The van der Waals surface area contributed by atoms with Crippen molar-refractivity contribution in [1.29, 1.82) is 0 Å². The number of carbonyl (C=O) groups is 2. The highest BCUT2D eigenvalue weighted by Gasteiger charge is 2.26. The number of anilines is 1. The van der Waals surface area contributed by atoms with Crippen LogP contribution in [-0.2, 0) is 14.8 Å². The highest BCUT2D eigenvalue weighted by atomic mass is 32.2. The van der Waals surface area contributed by atoms with Crippen LogP contribution in [0.25, 0.3) is 0 Å². The number of nitrogens with one attached hydrogen (secondary N) is 2. The molecule has 0 fully saturated rings. The van der Waals surface area contributed by atoms with Crippen molar-refractivity contribution in [2.24, 2.45) is 0 Å². The number of sulfonamides is 1. The molecule has 0 unspecified atom stereocenters. The second-order valence-corrected chi connectivity index (χ2v) is 8.30. The Balaban J connectivity index is 1.73. The van der Waals surface area contributed by atoms with E-state index in [1.165, 1.54) is 60.7 Å². The van der Waals surface area contributed by atoms with Crippen LogP contribution in [0.1, 0.15) is 22.0 Å². The highest BCUT2D eigenvalue weighted by molar-refractivity contribution is 7.89. The van der Waals surface area contributed by atoms with Gasteiger partial charge in [0.25, 0.3) is 11.6 Å². The first-order valence-corrected chi connectivity index (χ1v) is 10.6. The monoisotopic (exact) mass is 455 g/mol. The third kappa shape index (κ3) is 5.33. The Morgan fingerprint density at radius 2 is 1.50 bits per heavy atom. The van der Waals surface area contributed by atoms with Gasteiger partial charge in [0.05, 0.1) is 9.82 Å². The predicted octanol–water partition coefficient (Wildman–Crippen LogP) is 2.95. The molecule has 3 N–H and O–H groups in total. The van der Waals surface area contributed by atoms with Crippen molar-refractivity contribution >= 4 is 33.3 Å². The maximum Gasteiger partial charge on any atom is 0.326 e. The van der Waals surface area contributed by atoms with Gasteiger partial charge in [-0.2, -0.15) is 4.72 Å². The van der Waals surface area contributed by atoms with Crippen molar-refractivity contribution in [3.8, 4) is 0 Å². The maximum absolute atomic E-state index is 12.6. The van der Waals surface area contributed by atoms with Crippen LogP contribution >= 0.6 is 0 Å². The molecule has 0 aromatic heterocycles. The van der Waals surface area contributed by atoms with Crippen LogP contribution in [-0.4, -0.2) is 30.3 Å². The summed E-state index contributed by atoms with van der Waals surface area (Å²) in [6, 6.07) is 16.5. The number of benzene rings is 3. The number of hydrogen-bond acceptors (Lipinski definition) is 6. The smallest absolute Gasteiger partial charge is 0.326 e. The minimum absolute atomic E-state index is 0.154. The molecule has 3 rings (SSSR count). The van der Waals surface area contributed by atoms with Gasteiger partial charge in [0, 0.05) is 23.4 Å². The second-order valence-electron chi connectivity index (χ2n) is 6.59. The Morgan fingerprint density at radius 3 is 2.03 bits per heavy atom. The number of nitro benzene ring substituents is 1. The number of aliphatic carboxylic acids is 1. The van der Waals surface area contributed by atoms with E-state index in [1.807, 2.05) is 0 Å². The number of non-ortho nitro benzene ring substituents is 1. The number of carboxylic acids is 1. The molecule has 0 spiro atoms. The summed E-state index contributed by atoms with van der Waals surface area (Å²) in [5.41, 5.74) is 0.584. The number of carbonyl (C=O) groups excluding carboxylic acids is 1. The van der Waals surface area contributed by atoms with Crippen molar-refractivity contribution in [3.05, 3.63) is 100 Å². The second kappa shape index (κ2) is 9.37. The number of amides is 1. The van der Waals surface area contributed by atoms with Gasteiger partial charge in [0.15, 0.2) is 0 Å². The SMILES string of the molecule is O=C(Nc1ccc(S(=O)(=O)N[C@H](C(=O)O)c2ccccc2)cc1)c1ccc([N+](=O)[O-])cc1. The molecule has 0 radical (unpaired) electrons. The topological polar surface area (TPSA) is 156 Å². The van der Waals surface area contributed by atoms with Gasteiger partial charge in [-0.05, 0) is 42.0 Å². The standard InChI is InChI=1S/C21H17N3O7S/c25-20(15-6-10-17(11-7-15)24(28)29)22-16-8-12-18(13-9-16)32(30,31)23-19(21(26)27)14-4-2-1-3-5-14/h1-13,19,23H,(H,22,25)(H,26,27)/t19-/m0/s1. The summed E-state index contributed by atoms with van der Waals surface area (Å²) in [5, 5.41) is 22.7. The molecule has 0 aliphatic rings. The minimum atomic E-state index is -4.17. The molecular weight excluding hydrogens is 438 g/mol. The molecule has 0 heterocycles. The Bertz CT molecular complexity index is 1240. The molecule has 3 aromatic rings. The molecule has 0 bridgehead atoms. The van der Waals surface area contributed by atoms with Gasteiger partial charge >= 0.3 is 5.97 Å². The third-order valence-corrected chi connectivity index (χ3v) is 5.85. The fraction of sp³-hybridized carbons (Fsp3) is 0.0476. The Morgan fingerprint density at radius 1 is 0.906 bits per heavy atom. The molecule has 0 saturated heterocycles. The summed E-state index contributed by atoms with van der Waals surface area (Å²) >= 11 is 0. The molecule has 0 aliphatic heterocycles. The van der Waals surface area contributed by atoms with Gasteiger partial charge in [-0.15, -0.1) is 0 Å². The summed E-state index contributed by atoms with van der Waals surface area (Å²) in [7, 11) is -4.17. The van der Waals surface area contributed by atoms with E-state index in [4.69, 9.17) is 0 Å². The van der Waals surface area contributed by atoms with Gasteiger partial charge in [-0.25, -0.2) is 8.42 Å². The Labute approximate surface area is 182 Å². The van der Waals surface area contributed by atoms with Crippen LogP contribution in [0, 0.1) is 10.1 Å². The molecule has 0 aliphatic carbocycles. The zero-order valence-electron chi connectivity index (χ0n) is 16.3. The van der Waals surface area contributed by atoms with Gasteiger partial charge in [-0.3, -0.25) is 19.7 Å². The number of hydrogen-bond donors (Lipinski definition) is 3. The molecule has 0 saturated carbocycles. The summed E-state index contributed by atoms with van der Waals surface area (Å²) < 4.78 is 27.4. The van der Waals surface area contributed by atoms with Crippen molar-refractivity contribution in [2.75, 3.05) is 5.32 Å². The quantitative estimate of drug-likeness (QED) is 0.348. The van der Waals surface area contributed by atoms with E-state index < -0.39 is 32.9 Å². The number of nitro groups is 1. The van der Waals surface area contributed by atoms with Crippen LogP contribution in [0.15, 0.2) is 83.8 Å². The highest BCUT2D eigenvalue weighted by Crippen LogP contribution is 2.20. The first kappa shape index (κ1) is 22.6. The fourth-order valence-electron chi connectivity index (χ4n) is 2.78. The Hall–Kier alpha value is -4.09. The molecule has 11 heteroatoms. The van der Waals surface area contributed by atoms with E-state index in [2.05, 4.69) is 10.0 Å². The van der Waals surface area contributed by atoms with Gasteiger partial charge in [0.1, 0.15) is 6.04 Å². The van der Waals surface area contributed by atoms with E-state index in [9.17, 15) is 33.2 Å². The molecule has 164 valence electrons. The Kier molecular flexibility index (Phi) is 6.61. The van der Waals surface area contributed by atoms with Gasteiger partial charge < -0.3 is 10.4 Å². The average molecular weight is 455 g/mol. The van der Waals surface area contributed by atoms with Gasteiger partial charge in [-0.1, -0.05) is 30.3 Å². The van der Waals surface area contributed by atoms with Crippen LogP contribution in [0.3, 0.4) is 0 Å². The lowest BCUT2D eigenvalue weighted by atomic mass is 10.1. The van der Waals surface area contributed by atoms with E-state index in [1.54, 1.807) is 18.2 Å². The normalized spacial score (nSPS) is 12.0. The largest absolute Gasteiger partial charge is 0.480 e. The lowest BCUT2D eigenvalue weighted by Gasteiger charge is -2.15. The molecule has 3 aromatic carbocycles. The lowest BCUT2D eigenvalue weighted by Crippen LogP contribution is -2.33. The van der Waals surface area contributed by atoms with E-state index in [-0.39, 0.29) is 27.4 Å². The van der Waals surface area contributed by atoms with Crippen molar-refractivity contribution < 1.29 is 28.0 Å². The number of nitrogens with zero attached hydrogens (tertiary/aromatic N) is 1. The zero-order chi connectivity index (χ0) is 23.3. The van der Waals surface area contributed by atoms with Crippen LogP contribution in [0.4, 0.5) is 11.4 Å². The summed E-state index contributed by atoms with van der Waals surface area (Å²) in [6.45, 7) is 0. The lowest BCUT2D eigenvalue weighted by molar-refractivity contribution is -0.384. The van der Waals surface area contributed by atoms with Crippen LogP contribution in [0.2, 0.25) is 0 Å². The van der Waals surface area contributed by atoms with Crippen molar-refractivity contribution in [1.82, 2.24) is 4.72 Å². The fourth-order valence-corrected chi connectivity index (χ4v) is 3.96. The molecule has 1 atom stereocenters. The first-order valence-electron chi connectivity index (χ1n) is 9.13. The maximum atomic E-state index is 12.6. The van der Waals surface area contributed by atoms with E-state index in [0.717, 1.165) is 0 Å². The first-order chi connectivity index (χ1) is 15.2. The molecule has 10 nitrogen and oxygen atoms in total. The van der Waals surface area contributed by atoms with Crippen molar-refractivity contribution in [3.63, 3.8) is 0 Å². The average Bonchev–Trinajstić information content (AvgIpc) is 2.78. The molecule has 32 heavy (non-hydrogen) atoms. The third-order valence-electron chi connectivity index (χ3n) is 4.42. The number of carboxylic acid groups (broad SMARTS) is 1. The van der Waals surface area contributed by atoms with Crippen LogP contribution < -0.4 is 10.0 Å². The molecular formula is C21H17N3O7S.